The van der Waals surface area contributed by atoms with E-state index in [4.69, 9.17) is 34.7 Å². The fraction of sp³-hybridized carbons (Fsp3) is 0.686. The number of carbonyl (C=O) groups is 7. The molecule has 0 aliphatic rings. The number of ketones is 3. The van der Waals surface area contributed by atoms with Gasteiger partial charge in [-0.05, 0) is 50.4 Å². The van der Waals surface area contributed by atoms with E-state index in [1.807, 2.05) is 27.7 Å². The fourth-order valence-electron chi connectivity index (χ4n) is 4.96. The molecule has 0 aliphatic carbocycles. The molecule has 8 atom stereocenters. The van der Waals surface area contributed by atoms with Crippen LogP contribution in [-0.2, 0) is 33.6 Å². The molecule has 0 rings (SSSR count). The third-order valence-electron chi connectivity index (χ3n) is 8.06. The second-order valence-electron chi connectivity index (χ2n) is 14.3. The van der Waals surface area contributed by atoms with Gasteiger partial charge in [-0.25, -0.2) is 0 Å². The van der Waals surface area contributed by atoms with Gasteiger partial charge in [0.1, 0.15) is 12.1 Å². The molecule has 0 aromatic carbocycles. The summed E-state index contributed by atoms with van der Waals surface area (Å²) in [5.74, 6) is -7.06. The van der Waals surface area contributed by atoms with Gasteiger partial charge in [0.05, 0.1) is 24.2 Å². The SMILES string of the molecule is C=CC(Cl)(C(=O)[C@@H](NC(=O)[C@H](C)NC(=O)[C@@H](N)CC(C)C)C(C)C)C(=O)C(Cl)(C=C)C(=O)[C@@H](NC(=O)[C@H](C)NC(=O)[C@@H](N)CC(C)C)C(C)C. The van der Waals surface area contributed by atoms with Crippen LogP contribution in [0.1, 0.15) is 82.1 Å². The number of nitrogens with one attached hydrogen (secondary N) is 4. The van der Waals surface area contributed by atoms with Crippen LogP contribution in [0.5, 0.6) is 0 Å². The Balaban J connectivity index is 6.29. The quantitative estimate of drug-likeness (QED) is 0.0542. The molecule has 0 radical (unpaired) electrons. The van der Waals surface area contributed by atoms with Crippen LogP contribution in [0, 0.1) is 23.7 Å². The molecular formula is C35H58Cl2N6O7. The molecule has 0 aromatic heterocycles. The van der Waals surface area contributed by atoms with Crippen molar-refractivity contribution in [2.75, 3.05) is 0 Å². The van der Waals surface area contributed by atoms with Crippen molar-refractivity contribution in [1.82, 2.24) is 21.3 Å². The second-order valence-corrected chi connectivity index (χ2v) is 15.5. The number of carbonyl (C=O) groups excluding carboxylic acids is 7. The molecule has 8 N–H and O–H groups in total. The van der Waals surface area contributed by atoms with E-state index in [1.54, 1.807) is 27.7 Å². The molecule has 0 heterocycles. The van der Waals surface area contributed by atoms with E-state index in [9.17, 15) is 33.6 Å². The molecule has 0 aliphatic heterocycles. The Labute approximate surface area is 306 Å². The van der Waals surface area contributed by atoms with Gasteiger partial charge < -0.3 is 32.7 Å². The van der Waals surface area contributed by atoms with E-state index >= 15 is 0 Å². The summed E-state index contributed by atoms with van der Waals surface area (Å²) in [6.07, 6.45) is 2.39. The zero-order chi connectivity index (χ0) is 39.5. The van der Waals surface area contributed by atoms with Crippen LogP contribution in [0.2, 0.25) is 0 Å². The number of hydrogen-bond acceptors (Lipinski definition) is 9. The summed E-state index contributed by atoms with van der Waals surface area (Å²) in [6.45, 7) is 23.8. The second kappa shape index (κ2) is 20.0. The lowest BCUT2D eigenvalue weighted by atomic mass is 9.78. The highest BCUT2D eigenvalue weighted by Crippen LogP contribution is 2.35. The Hall–Kier alpha value is -3.13. The lowest BCUT2D eigenvalue weighted by molar-refractivity contribution is -0.138. The van der Waals surface area contributed by atoms with Gasteiger partial charge in [-0.2, -0.15) is 0 Å². The first-order valence-electron chi connectivity index (χ1n) is 16.8. The highest BCUT2D eigenvalue weighted by Gasteiger charge is 2.57. The number of amides is 4. The third kappa shape index (κ3) is 12.6. The molecule has 0 aromatic rings. The number of hydrogen-bond donors (Lipinski definition) is 6. The summed E-state index contributed by atoms with van der Waals surface area (Å²) in [4.78, 5) is 88.1. The number of Topliss-reactive ketones (excluding diaryl/α,β-unsaturated/α-hetero) is 3. The van der Waals surface area contributed by atoms with E-state index in [1.165, 1.54) is 13.8 Å². The lowest BCUT2D eigenvalue weighted by Crippen LogP contribution is -2.63. The van der Waals surface area contributed by atoms with Gasteiger partial charge in [0.15, 0.2) is 27.1 Å². The smallest absolute Gasteiger partial charge is 0.242 e. The molecular weight excluding hydrogens is 687 g/mol. The van der Waals surface area contributed by atoms with Gasteiger partial charge in [0.25, 0.3) is 0 Å². The molecule has 15 heteroatoms. The van der Waals surface area contributed by atoms with Crippen molar-refractivity contribution in [3.63, 3.8) is 0 Å². The fourth-order valence-corrected chi connectivity index (χ4v) is 5.54. The van der Waals surface area contributed by atoms with Gasteiger partial charge in [-0.1, -0.05) is 90.7 Å². The van der Waals surface area contributed by atoms with Crippen molar-refractivity contribution in [2.45, 2.75) is 128 Å². The topological polar surface area (TPSA) is 220 Å². The standard InChI is InChI=1S/C35H58Cl2N6O7/c1-13-34(36,27(44)25(19(7)8)42-29(46)21(11)40-31(48)23(38)15-17(3)4)33(50)35(37,14-2)28(45)26(20(9)10)43-30(47)22(12)41-32(49)24(39)16-18(5)6/h13-14,17-26H,1-2,15-16,38-39H2,3-12H3,(H,40,48)(H,41,49)(H,42,46)(H,43,47)/t21-,22-,23-,24-,25-,26-,34?,35?/m0/s1. The van der Waals surface area contributed by atoms with E-state index in [2.05, 4.69) is 34.4 Å². The van der Waals surface area contributed by atoms with Gasteiger partial charge in [-0.3, -0.25) is 33.6 Å². The van der Waals surface area contributed by atoms with Crippen molar-refractivity contribution in [3.8, 4) is 0 Å². The average Bonchev–Trinajstić information content (AvgIpc) is 3.02. The molecule has 0 bridgehead atoms. The Kier molecular flexibility index (Phi) is 18.8. The van der Waals surface area contributed by atoms with Crippen LogP contribution in [0.4, 0.5) is 0 Å². The first-order chi connectivity index (χ1) is 22.8. The van der Waals surface area contributed by atoms with Gasteiger partial charge >= 0.3 is 0 Å². The monoisotopic (exact) mass is 744 g/mol. The molecule has 284 valence electrons. The highest BCUT2D eigenvalue weighted by molar-refractivity contribution is 6.60. The summed E-state index contributed by atoms with van der Waals surface area (Å²) in [7, 11) is 0. The van der Waals surface area contributed by atoms with E-state index < -0.39 is 98.8 Å². The lowest BCUT2D eigenvalue weighted by Gasteiger charge is -2.35. The van der Waals surface area contributed by atoms with Crippen LogP contribution in [0.3, 0.4) is 0 Å². The average molecular weight is 746 g/mol. The number of allylic oxidation sites excluding steroid dienone is 2. The third-order valence-corrected chi connectivity index (χ3v) is 9.09. The Morgan fingerprint density at radius 1 is 0.560 bits per heavy atom. The first kappa shape index (κ1) is 46.9. The van der Waals surface area contributed by atoms with Crippen molar-refractivity contribution in [1.29, 1.82) is 0 Å². The van der Waals surface area contributed by atoms with Crippen LogP contribution in [0.25, 0.3) is 0 Å². The Morgan fingerprint density at radius 2 is 0.840 bits per heavy atom. The van der Waals surface area contributed by atoms with Crippen molar-refractivity contribution < 1.29 is 33.6 Å². The Morgan fingerprint density at radius 3 is 1.06 bits per heavy atom. The summed E-state index contributed by atoms with van der Waals surface area (Å²) in [5.41, 5.74) is 11.8. The molecule has 50 heavy (non-hydrogen) atoms. The maximum absolute atomic E-state index is 14.1. The molecule has 0 saturated heterocycles. The normalized spacial score (nSPS) is 17.6. The molecule has 0 fully saturated rings. The minimum absolute atomic E-state index is 0.134. The van der Waals surface area contributed by atoms with Gasteiger partial charge in [0, 0.05) is 0 Å². The highest BCUT2D eigenvalue weighted by atomic mass is 35.5. The zero-order valence-electron chi connectivity index (χ0n) is 31.0. The van der Waals surface area contributed by atoms with Crippen molar-refractivity contribution in [2.24, 2.45) is 35.1 Å². The minimum atomic E-state index is -2.65. The largest absolute Gasteiger partial charge is 0.344 e. The van der Waals surface area contributed by atoms with Gasteiger partial charge in [0.2, 0.25) is 23.6 Å². The zero-order valence-corrected chi connectivity index (χ0v) is 32.5. The number of halogens is 2. The van der Waals surface area contributed by atoms with E-state index in [0.29, 0.717) is 12.8 Å². The summed E-state index contributed by atoms with van der Waals surface area (Å²) in [6, 6.07) is -6.76. The van der Waals surface area contributed by atoms with Crippen LogP contribution in [-0.4, -0.2) is 87.0 Å². The van der Waals surface area contributed by atoms with E-state index in [0.717, 1.165) is 12.2 Å². The van der Waals surface area contributed by atoms with Crippen LogP contribution >= 0.6 is 23.2 Å². The number of nitrogens with two attached hydrogens (primary N) is 2. The van der Waals surface area contributed by atoms with Crippen molar-refractivity contribution >= 4 is 64.2 Å². The molecule has 0 spiro atoms. The molecule has 0 saturated carbocycles. The predicted octanol–water partition coefficient (Wildman–Crippen LogP) is 2.06. The summed E-state index contributed by atoms with van der Waals surface area (Å²) < 4.78 is 0. The molecule has 2 unspecified atom stereocenters. The summed E-state index contributed by atoms with van der Waals surface area (Å²) in [5, 5.41) is 10.1. The van der Waals surface area contributed by atoms with Crippen molar-refractivity contribution in [3.05, 3.63) is 25.3 Å². The minimum Gasteiger partial charge on any atom is -0.344 e. The van der Waals surface area contributed by atoms with Gasteiger partial charge in [-0.15, -0.1) is 13.2 Å². The first-order valence-corrected chi connectivity index (χ1v) is 17.6. The van der Waals surface area contributed by atoms with Crippen LogP contribution < -0.4 is 32.7 Å². The molecule has 13 nitrogen and oxygen atoms in total. The summed E-state index contributed by atoms with van der Waals surface area (Å²) >= 11 is 13.4. The van der Waals surface area contributed by atoms with E-state index in [-0.39, 0.29) is 11.8 Å². The molecule has 4 amide bonds. The Bertz CT molecular complexity index is 1200. The van der Waals surface area contributed by atoms with Crippen LogP contribution in [0.15, 0.2) is 25.3 Å². The number of alkyl halides is 2. The maximum atomic E-state index is 14.1. The number of rotatable bonds is 22. The predicted molar refractivity (Wildman–Crippen MR) is 196 cm³/mol. The maximum Gasteiger partial charge on any atom is 0.242 e.